The van der Waals surface area contributed by atoms with Crippen LogP contribution in [0.3, 0.4) is 0 Å². The van der Waals surface area contributed by atoms with Crippen molar-refractivity contribution in [1.82, 2.24) is 0 Å². The van der Waals surface area contributed by atoms with E-state index in [9.17, 15) is 5.11 Å². The highest BCUT2D eigenvalue weighted by Gasteiger charge is 2.32. The van der Waals surface area contributed by atoms with Crippen LogP contribution in [-0.4, -0.2) is 30.0 Å². The zero-order valence-corrected chi connectivity index (χ0v) is 18.8. The van der Waals surface area contributed by atoms with Gasteiger partial charge in [-0.25, -0.2) is 0 Å². The zero-order valence-electron chi connectivity index (χ0n) is 18.8. The van der Waals surface area contributed by atoms with Crippen molar-refractivity contribution in [2.24, 2.45) is 5.73 Å². The molecule has 29 heavy (non-hydrogen) atoms. The number of rotatable bonds is 16. The smallest absolute Gasteiger partial charge is 0.0974 e. The molecule has 0 aromatic heterocycles. The van der Waals surface area contributed by atoms with E-state index < -0.39 is 6.10 Å². The van der Waals surface area contributed by atoms with E-state index >= 15 is 0 Å². The Morgan fingerprint density at radius 2 is 1.28 bits per heavy atom. The fourth-order valence-corrected chi connectivity index (χ4v) is 4.31. The van der Waals surface area contributed by atoms with Crippen molar-refractivity contribution in [3.05, 3.63) is 35.4 Å². The van der Waals surface area contributed by atoms with Crippen LogP contribution in [0.1, 0.15) is 102 Å². The minimum atomic E-state index is -0.514. The summed E-state index contributed by atoms with van der Waals surface area (Å²) in [6, 6.07) is 8.78. The van der Waals surface area contributed by atoms with Gasteiger partial charge in [-0.15, -0.1) is 0 Å². The molecule has 0 spiro atoms. The summed E-state index contributed by atoms with van der Waals surface area (Å²) in [7, 11) is 0. The largest absolute Gasteiger partial charge is 0.389 e. The Bertz CT molecular complexity index is 516. The Hall–Kier alpha value is -0.900. The van der Waals surface area contributed by atoms with Crippen LogP contribution in [-0.2, 0) is 17.6 Å². The normalized spacial score (nSPS) is 21.7. The summed E-state index contributed by atoms with van der Waals surface area (Å²) in [6.07, 6.45) is 19.2. The first-order chi connectivity index (χ1) is 14.2. The lowest BCUT2D eigenvalue weighted by Gasteiger charge is -2.15. The number of unbranched alkanes of at least 4 members (excludes halogenated alkanes) is 11. The zero-order chi connectivity index (χ0) is 20.7. The van der Waals surface area contributed by atoms with Gasteiger partial charge in [-0.2, -0.15) is 0 Å². The molecule has 0 bridgehead atoms. The lowest BCUT2D eigenvalue weighted by atomic mass is 9.99. The molecule has 1 saturated heterocycles. The average molecular weight is 404 g/mol. The minimum Gasteiger partial charge on any atom is -0.389 e. The molecule has 0 saturated carbocycles. The predicted molar refractivity (Wildman–Crippen MR) is 123 cm³/mol. The number of benzene rings is 1. The van der Waals surface area contributed by atoms with E-state index in [-0.39, 0.29) is 12.1 Å². The molecule has 1 aliphatic heterocycles. The second-order valence-corrected chi connectivity index (χ2v) is 9.02. The third kappa shape index (κ3) is 10.1. The maximum atomic E-state index is 9.97. The Balaban J connectivity index is 1.45. The average Bonchev–Trinajstić information content (AvgIpc) is 3.06. The van der Waals surface area contributed by atoms with Crippen LogP contribution in [0.15, 0.2) is 24.3 Å². The first-order valence-electron chi connectivity index (χ1n) is 12.3. The second-order valence-electron chi connectivity index (χ2n) is 9.02. The van der Waals surface area contributed by atoms with Crippen molar-refractivity contribution in [2.45, 2.75) is 121 Å². The van der Waals surface area contributed by atoms with Crippen LogP contribution in [0.25, 0.3) is 0 Å². The van der Waals surface area contributed by atoms with Gasteiger partial charge in [0.05, 0.1) is 24.9 Å². The van der Waals surface area contributed by atoms with Crippen molar-refractivity contribution in [1.29, 1.82) is 0 Å². The second kappa shape index (κ2) is 15.0. The number of hydrogen-bond donors (Lipinski definition) is 2. The van der Waals surface area contributed by atoms with Crippen LogP contribution in [0, 0.1) is 0 Å². The molecule has 0 aliphatic carbocycles. The van der Waals surface area contributed by atoms with Crippen LogP contribution >= 0.6 is 0 Å². The topological polar surface area (TPSA) is 55.5 Å². The van der Waals surface area contributed by atoms with E-state index in [1.54, 1.807) is 0 Å². The molecule has 0 unspecified atom stereocenters. The maximum Gasteiger partial charge on any atom is 0.0974 e. The molecule has 3 atom stereocenters. The molecule has 1 aromatic carbocycles. The van der Waals surface area contributed by atoms with Crippen LogP contribution in [0.4, 0.5) is 0 Å². The van der Waals surface area contributed by atoms with Crippen molar-refractivity contribution in [3.8, 4) is 0 Å². The predicted octanol–water partition coefficient (Wildman–Crippen LogP) is 5.95. The third-order valence-electron chi connectivity index (χ3n) is 6.38. The molecule has 3 N–H and O–H groups in total. The van der Waals surface area contributed by atoms with E-state index in [0.717, 1.165) is 12.8 Å². The molecule has 3 heteroatoms. The highest BCUT2D eigenvalue weighted by atomic mass is 16.5. The standard InChI is InChI=1S/C26H45NO2/c1-2-3-4-5-6-7-8-9-10-11-12-13-14-22-15-17-23(18-16-22)19-20-25-26(28)24(27)21-29-25/h15-18,24-26,28H,2-14,19-21,27H2,1H3/t24-,25+,26+/m1/s1. The monoisotopic (exact) mass is 403 g/mol. The molecule has 3 nitrogen and oxygen atoms in total. The molecule has 1 fully saturated rings. The number of ether oxygens (including phenoxy) is 1. The molecule has 166 valence electrons. The summed E-state index contributed by atoms with van der Waals surface area (Å²) in [5.41, 5.74) is 8.56. The van der Waals surface area contributed by atoms with E-state index in [0.29, 0.717) is 6.61 Å². The van der Waals surface area contributed by atoms with Gasteiger partial charge in [0.25, 0.3) is 0 Å². The maximum absolute atomic E-state index is 9.97. The minimum absolute atomic E-state index is 0.106. The lowest BCUT2D eigenvalue weighted by molar-refractivity contribution is 0.0362. The van der Waals surface area contributed by atoms with E-state index in [1.165, 1.54) is 94.6 Å². The fraction of sp³-hybridized carbons (Fsp3) is 0.769. The number of aliphatic hydroxyl groups excluding tert-OH is 1. The summed E-state index contributed by atoms with van der Waals surface area (Å²) in [6.45, 7) is 2.76. The van der Waals surface area contributed by atoms with Gasteiger partial charge in [-0.3, -0.25) is 0 Å². The highest BCUT2D eigenvalue weighted by Crippen LogP contribution is 2.19. The van der Waals surface area contributed by atoms with Gasteiger partial charge >= 0.3 is 0 Å². The van der Waals surface area contributed by atoms with E-state index in [2.05, 4.69) is 31.2 Å². The summed E-state index contributed by atoms with van der Waals surface area (Å²) >= 11 is 0. The van der Waals surface area contributed by atoms with Gasteiger partial charge in [0.1, 0.15) is 0 Å². The Kier molecular flexibility index (Phi) is 12.6. The Morgan fingerprint density at radius 1 is 0.793 bits per heavy atom. The third-order valence-corrected chi connectivity index (χ3v) is 6.38. The first kappa shape index (κ1) is 24.4. The SMILES string of the molecule is CCCCCCCCCCCCCCc1ccc(CC[C@@H]2OC[C@@H](N)[C@@H]2O)cc1. The molecular weight excluding hydrogens is 358 g/mol. The molecule has 1 aromatic rings. The molecule has 1 heterocycles. The lowest BCUT2D eigenvalue weighted by Crippen LogP contribution is -2.36. The van der Waals surface area contributed by atoms with Crippen LogP contribution in [0.5, 0.6) is 0 Å². The highest BCUT2D eigenvalue weighted by molar-refractivity contribution is 5.22. The molecule has 0 radical (unpaired) electrons. The van der Waals surface area contributed by atoms with E-state index in [4.69, 9.17) is 10.5 Å². The van der Waals surface area contributed by atoms with Crippen LogP contribution in [0.2, 0.25) is 0 Å². The first-order valence-corrected chi connectivity index (χ1v) is 12.3. The van der Waals surface area contributed by atoms with Gasteiger partial charge in [0.2, 0.25) is 0 Å². The summed E-state index contributed by atoms with van der Waals surface area (Å²) in [5.74, 6) is 0. The molecule has 2 rings (SSSR count). The summed E-state index contributed by atoms with van der Waals surface area (Å²) in [5, 5.41) is 9.97. The fourth-order valence-electron chi connectivity index (χ4n) is 4.31. The quantitative estimate of drug-likeness (QED) is 0.335. The van der Waals surface area contributed by atoms with Crippen LogP contribution < -0.4 is 5.73 Å². The van der Waals surface area contributed by atoms with Gasteiger partial charge in [-0.1, -0.05) is 102 Å². The van der Waals surface area contributed by atoms with Gasteiger partial charge in [0.15, 0.2) is 0 Å². The number of aryl methyl sites for hydroxylation is 2. The molecular formula is C26H45NO2. The van der Waals surface area contributed by atoms with Gasteiger partial charge in [-0.05, 0) is 36.8 Å². The number of hydrogen-bond acceptors (Lipinski definition) is 3. The number of aliphatic hydroxyl groups is 1. The van der Waals surface area contributed by atoms with E-state index in [1.807, 2.05) is 0 Å². The summed E-state index contributed by atoms with van der Waals surface area (Å²) < 4.78 is 5.57. The summed E-state index contributed by atoms with van der Waals surface area (Å²) in [4.78, 5) is 0. The van der Waals surface area contributed by atoms with Crippen molar-refractivity contribution in [3.63, 3.8) is 0 Å². The van der Waals surface area contributed by atoms with Crippen molar-refractivity contribution >= 4 is 0 Å². The van der Waals surface area contributed by atoms with Gasteiger partial charge in [0, 0.05) is 0 Å². The Morgan fingerprint density at radius 3 is 1.76 bits per heavy atom. The Labute approximate surface area is 179 Å². The van der Waals surface area contributed by atoms with Crippen molar-refractivity contribution < 1.29 is 9.84 Å². The molecule has 0 amide bonds. The number of nitrogens with two attached hydrogens (primary N) is 1. The molecule has 1 aliphatic rings. The van der Waals surface area contributed by atoms with Gasteiger partial charge < -0.3 is 15.6 Å². The van der Waals surface area contributed by atoms with Crippen molar-refractivity contribution in [2.75, 3.05) is 6.61 Å².